The summed E-state index contributed by atoms with van der Waals surface area (Å²) >= 11 is 1.64. The van der Waals surface area contributed by atoms with Crippen molar-refractivity contribution in [2.24, 2.45) is 5.73 Å². The maximum absolute atomic E-state index is 14.8. The maximum Gasteiger partial charge on any atom is 0.315 e. The fraction of sp³-hybridized carbons (Fsp3) is 0.389. The molecule has 246 valence electrons. The van der Waals surface area contributed by atoms with Gasteiger partial charge in [-0.2, -0.15) is 0 Å². The maximum atomic E-state index is 14.8. The minimum Gasteiger partial charge on any atom is -0.497 e. The summed E-state index contributed by atoms with van der Waals surface area (Å²) in [6, 6.07) is 18.1. The quantitative estimate of drug-likeness (QED) is 0.0827. The van der Waals surface area contributed by atoms with Gasteiger partial charge in [0.15, 0.2) is 5.16 Å². The van der Waals surface area contributed by atoms with E-state index in [0.29, 0.717) is 24.9 Å². The van der Waals surface area contributed by atoms with Crippen molar-refractivity contribution in [3.8, 4) is 34.0 Å². The summed E-state index contributed by atoms with van der Waals surface area (Å²) < 4.78 is 39.1. The predicted molar refractivity (Wildman–Crippen MR) is 181 cm³/mol. The molecule has 1 aromatic heterocycles. The summed E-state index contributed by atoms with van der Waals surface area (Å²) in [6.07, 6.45) is 6.96. The number of benzene rings is 3. The number of unbranched alkanes of at least 4 members (excludes halogenated alkanes) is 5. The minimum atomic E-state index is -0.649. The molecule has 0 aliphatic heterocycles. The van der Waals surface area contributed by atoms with E-state index in [1.165, 1.54) is 12.1 Å². The van der Waals surface area contributed by atoms with Crippen LogP contribution in [0.4, 0.5) is 13.6 Å². The molecule has 3 N–H and O–H groups in total. The van der Waals surface area contributed by atoms with E-state index in [0.717, 1.165) is 89.5 Å². The number of halogens is 2. The van der Waals surface area contributed by atoms with Crippen molar-refractivity contribution in [2.75, 3.05) is 26.5 Å². The first-order valence-corrected chi connectivity index (χ1v) is 16.9. The van der Waals surface area contributed by atoms with Gasteiger partial charge in [0.1, 0.15) is 23.1 Å². The van der Waals surface area contributed by atoms with E-state index in [4.69, 9.17) is 20.2 Å². The highest BCUT2D eigenvalue weighted by Crippen LogP contribution is 2.35. The number of urea groups is 1. The molecule has 1 heterocycles. The first-order valence-electron chi connectivity index (χ1n) is 15.9. The number of aromatic nitrogens is 2. The molecule has 0 saturated heterocycles. The van der Waals surface area contributed by atoms with E-state index >= 15 is 0 Å². The number of rotatable bonds is 18. The molecule has 46 heavy (non-hydrogen) atoms. The number of imidazole rings is 1. The highest BCUT2D eigenvalue weighted by Gasteiger charge is 2.26. The number of nitrogens with zero attached hydrogens (tertiary/aromatic N) is 2. The van der Waals surface area contributed by atoms with Gasteiger partial charge in [0.2, 0.25) is 0 Å². The van der Waals surface area contributed by atoms with Crippen molar-refractivity contribution in [3.63, 3.8) is 0 Å². The lowest BCUT2D eigenvalue weighted by Gasteiger charge is -2.31. The van der Waals surface area contributed by atoms with Crippen LogP contribution in [0.25, 0.3) is 22.5 Å². The lowest BCUT2D eigenvalue weighted by Crippen LogP contribution is -2.40. The Kier molecular flexibility index (Phi) is 13.3. The van der Waals surface area contributed by atoms with Crippen molar-refractivity contribution >= 4 is 17.8 Å². The van der Waals surface area contributed by atoms with Gasteiger partial charge in [-0.15, -0.1) is 0 Å². The number of amides is 2. The molecule has 4 rings (SSSR count). The third kappa shape index (κ3) is 9.48. The standard InChI is InChI=1S/C36H44F2N4O3S/c1-4-5-6-8-11-32(30-21-16-27(37)24-31(30)38)42(35(39)43)22-9-7-10-23-46-36-40-33(25-12-17-28(44-2)18-13-25)34(41-36)26-14-19-29(45-3)20-15-26/h12-21,24,32H,4-11,22-23H2,1-3H3,(H2,39,43)(H,40,41). The van der Waals surface area contributed by atoms with Crippen LogP contribution in [0.3, 0.4) is 0 Å². The van der Waals surface area contributed by atoms with Crippen LogP contribution in [0.5, 0.6) is 11.5 Å². The van der Waals surface area contributed by atoms with Gasteiger partial charge in [0, 0.05) is 35.1 Å². The van der Waals surface area contributed by atoms with Gasteiger partial charge in [0.25, 0.3) is 0 Å². The highest BCUT2D eigenvalue weighted by molar-refractivity contribution is 7.99. The average Bonchev–Trinajstić information content (AvgIpc) is 3.49. The van der Waals surface area contributed by atoms with E-state index in [2.05, 4.69) is 11.9 Å². The van der Waals surface area contributed by atoms with Gasteiger partial charge in [-0.1, -0.05) is 56.9 Å². The van der Waals surface area contributed by atoms with Crippen LogP contribution in [-0.2, 0) is 0 Å². The number of carbonyl (C=O) groups is 1. The first-order chi connectivity index (χ1) is 22.3. The minimum absolute atomic E-state index is 0.311. The largest absolute Gasteiger partial charge is 0.497 e. The van der Waals surface area contributed by atoms with Crippen LogP contribution in [0, 0.1) is 11.6 Å². The van der Waals surface area contributed by atoms with Crippen molar-refractivity contribution in [3.05, 3.63) is 83.9 Å². The molecule has 0 bridgehead atoms. The van der Waals surface area contributed by atoms with Gasteiger partial charge in [-0.25, -0.2) is 18.6 Å². The zero-order valence-electron chi connectivity index (χ0n) is 26.9. The molecule has 0 aliphatic rings. The number of primary amides is 1. The first kappa shape index (κ1) is 34.8. The van der Waals surface area contributed by atoms with Crippen LogP contribution >= 0.6 is 11.8 Å². The number of nitrogens with one attached hydrogen (secondary N) is 1. The molecule has 0 radical (unpaired) electrons. The lowest BCUT2D eigenvalue weighted by atomic mass is 9.97. The molecule has 7 nitrogen and oxygen atoms in total. The summed E-state index contributed by atoms with van der Waals surface area (Å²) in [6.45, 7) is 2.52. The molecule has 0 fully saturated rings. The van der Waals surface area contributed by atoms with Gasteiger partial charge in [-0.05, 0) is 73.9 Å². The Morgan fingerprint density at radius 1 is 0.891 bits per heavy atom. The Morgan fingerprint density at radius 3 is 2.15 bits per heavy atom. The van der Waals surface area contributed by atoms with Crippen LogP contribution in [0.1, 0.15) is 69.9 Å². The normalized spacial score (nSPS) is 11.8. The number of hydrogen-bond acceptors (Lipinski definition) is 5. The summed E-state index contributed by atoms with van der Waals surface area (Å²) in [5.74, 6) is 1.09. The van der Waals surface area contributed by atoms with E-state index in [-0.39, 0.29) is 0 Å². The predicted octanol–water partition coefficient (Wildman–Crippen LogP) is 9.39. The van der Waals surface area contributed by atoms with E-state index < -0.39 is 23.7 Å². The number of nitrogens with two attached hydrogens (primary N) is 1. The molecule has 2 amide bonds. The van der Waals surface area contributed by atoms with Crippen LogP contribution in [0.2, 0.25) is 0 Å². The molecule has 1 atom stereocenters. The van der Waals surface area contributed by atoms with E-state index in [1.54, 1.807) is 30.9 Å². The molecular weight excluding hydrogens is 606 g/mol. The van der Waals surface area contributed by atoms with Crippen LogP contribution < -0.4 is 15.2 Å². The number of methoxy groups -OCH3 is 2. The number of ether oxygens (including phenoxy) is 2. The SMILES string of the molecule is CCCCCCC(c1ccc(F)cc1F)N(CCCCCSc1nc(-c2ccc(OC)cc2)c(-c2ccc(OC)cc2)[nH]1)C(N)=O. The molecule has 3 aromatic carbocycles. The van der Waals surface area contributed by atoms with Crippen molar-refractivity contribution in [2.45, 2.75) is 69.5 Å². The number of thioether (sulfide) groups is 1. The molecule has 0 spiro atoms. The molecule has 4 aromatic rings. The number of carbonyl (C=O) groups excluding carboxylic acids is 1. The molecule has 0 aliphatic carbocycles. The molecule has 10 heteroatoms. The summed E-state index contributed by atoms with van der Waals surface area (Å²) in [4.78, 5) is 22.5. The Balaban J connectivity index is 1.39. The van der Waals surface area contributed by atoms with Crippen molar-refractivity contribution in [1.29, 1.82) is 0 Å². The van der Waals surface area contributed by atoms with Gasteiger partial charge < -0.3 is 25.1 Å². The molecule has 1 unspecified atom stereocenters. The third-order valence-corrected chi connectivity index (χ3v) is 8.98. The average molecular weight is 651 g/mol. The summed E-state index contributed by atoms with van der Waals surface area (Å²) in [7, 11) is 3.29. The van der Waals surface area contributed by atoms with Crippen LogP contribution in [0.15, 0.2) is 71.9 Å². The number of H-pyrrole nitrogens is 1. The van der Waals surface area contributed by atoms with Crippen molar-refractivity contribution in [1.82, 2.24) is 14.9 Å². The number of aromatic amines is 1. The summed E-state index contributed by atoms with van der Waals surface area (Å²) in [5, 5.41) is 0.814. The highest BCUT2D eigenvalue weighted by atomic mass is 32.2. The Hall–Kier alpha value is -4.05. The second-order valence-electron chi connectivity index (χ2n) is 11.2. The third-order valence-electron chi connectivity index (χ3n) is 8.02. The zero-order valence-corrected chi connectivity index (χ0v) is 27.7. The second-order valence-corrected chi connectivity index (χ2v) is 12.3. The smallest absolute Gasteiger partial charge is 0.315 e. The van der Waals surface area contributed by atoms with E-state index in [1.807, 2.05) is 48.5 Å². The molecule has 0 saturated carbocycles. The fourth-order valence-electron chi connectivity index (χ4n) is 5.51. The second kappa shape index (κ2) is 17.6. The number of hydrogen-bond donors (Lipinski definition) is 2. The Labute approximate surface area is 274 Å². The zero-order chi connectivity index (χ0) is 32.9. The Bertz CT molecular complexity index is 1460. The van der Waals surface area contributed by atoms with E-state index in [9.17, 15) is 13.6 Å². The summed E-state index contributed by atoms with van der Waals surface area (Å²) in [5.41, 5.74) is 9.87. The Morgan fingerprint density at radius 2 is 1.54 bits per heavy atom. The van der Waals surface area contributed by atoms with Gasteiger partial charge in [-0.3, -0.25) is 0 Å². The van der Waals surface area contributed by atoms with Gasteiger partial charge in [0.05, 0.1) is 31.6 Å². The fourth-order valence-corrected chi connectivity index (χ4v) is 6.38. The van der Waals surface area contributed by atoms with Gasteiger partial charge >= 0.3 is 6.03 Å². The monoisotopic (exact) mass is 650 g/mol. The van der Waals surface area contributed by atoms with Crippen LogP contribution in [-0.4, -0.2) is 47.4 Å². The lowest BCUT2D eigenvalue weighted by molar-refractivity contribution is 0.175. The topological polar surface area (TPSA) is 93.5 Å². The molecular formula is C36H44F2N4O3S. The van der Waals surface area contributed by atoms with Crippen molar-refractivity contribution < 1.29 is 23.0 Å².